The van der Waals surface area contributed by atoms with Crippen molar-refractivity contribution in [2.45, 2.75) is 0 Å². The Labute approximate surface area is 135 Å². The van der Waals surface area contributed by atoms with E-state index < -0.39 is 0 Å². The molecular weight excluding hydrogens is 296 g/mol. The van der Waals surface area contributed by atoms with E-state index in [9.17, 15) is 0 Å². The zero-order chi connectivity index (χ0) is 16.5. The largest absolute Gasteiger partial charge is 0.492 e. The molecule has 0 spiro atoms. The van der Waals surface area contributed by atoms with Crippen molar-refractivity contribution >= 4 is 17.2 Å². The number of amidine groups is 1. The second kappa shape index (κ2) is 8.73. The zero-order valence-corrected chi connectivity index (χ0v) is 12.8. The first-order valence-electron chi connectivity index (χ1n) is 7.30. The van der Waals surface area contributed by atoms with Crippen molar-refractivity contribution in [1.82, 2.24) is 4.90 Å². The molecule has 0 unspecified atom stereocenters. The topological polar surface area (TPSA) is 120 Å². The fourth-order valence-corrected chi connectivity index (χ4v) is 2.04. The van der Waals surface area contributed by atoms with Gasteiger partial charge in [0.2, 0.25) is 5.71 Å². The number of rotatable bonds is 7. The predicted molar refractivity (Wildman–Crippen MR) is 87.8 cm³/mol. The molecule has 1 aliphatic heterocycles. The summed E-state index contributed by atoms with van der Waals surface area (Å²) in [4.78, 5) is 2.29. The molecule has 1 aromatic carbocycles. The third kappa shape index (κ3) is 5.58. The van der Waals surface area contributed by atoms with Crippen molar-refractivity contribution in [3.8, 4) is 11.8 Å². The molecule has 4 N–H and O–H groups in total. The number of ether oxygens (including phenoxy) is 2. The van der Waals surface area contributed by atoms with Gasteiger partial charge in [-0.1, -0.05) is 6.07 Å². The van der Waals surface area contributed by atoms with Gasteiger partial charge in [-0.15, -0.1) is 0 Å². The second-order valence-electron chi connectivity index (χ2n) is 4.93. The fourth-order valence-electron chi connectivity index (χ4n) is 2.04. The lowest BCUT2D eigenvalue weighted by molar-refractivity contribution is 0.0322. The first-order chi connectivity index (χ1) is 11.2. The Morgan fingerprint density at radius 1 is 1.48 bits per heavy atom. The van der Waals surface area contributed by atoms with Gasteiger partial charge in [0.25, 0.3) is 0 Å². The molecule has 1 aliphatic rings. The van der Waals surface area contributed by atoms with Crippen LogP contribution in [0, 0.1) is 16.7 Å². The highest BCUT2D eigenvalue weighted by atomic mass is 16.5. The summed E-state index contributed by atoms with van der Waals surface area (Å²) in [5, 5.41) is 19.8. The summed E-state index contributed by atoms with van der Waals surface area (Å²) in [6.45, 7) is 4.85. The van der Waals surface area contributed by atoms with E-state index in [2.05, 4.69) is 15.4 Å². The minimum atomic E-state index is -0.377. The van der Waals surface area contributed by atoms with Crippen LogP contribution in [-0.4, -0.2) is 55.9 Å². The molecule has 1 aromatic rings. The van der Waals surface area contributed by atoms with E-state index in [1.807, 2.05) is 12.1 Å². The van der Waals surface area contributed by atoms with E-state index in [1.165, 1.54) is 0 Å². The Morgan fingerprint density at radius 2 is 2.26 bits per heavy atom. The van der Waals surface area contributed by atoms with Crippen LogP contribution in [0.5, 0.6) is 5.75 Å². The van der Waals surface area contributed by atoms with Gasteiger partial charge in [-0.25, -0.2) is 0 Å². The third-order valence-electron chi connectivity index (χ3n) is 3.27. The van der Waals surface area contributed by atoms with Gasteiger partial charge >= 0.3 is 0 Å². The summed E-state index contributed by atoms with van der Waals surface area (Å²) in [5.74, 6) is 0.331. The first kappa shape index (κ1) is 16.7. The van der Waals surface area contributed by atoms with Gasteiger partial charge < -0.3 is 15.2 Å². The van der Waals surface area contributed by atoms with Crippen LogP contribution in [0.15, 0.2) is 29.4 Å². The smallest absolute Gasteiger partial charge is 0.201 e. The van der Waals surface area contributed by atoms with Crippen molar-refractivity contribution in [2.24, 2.45) is 10.8 Å². The van der Waals surface area contributed by atoms with Crippen LogP contribution in [0.1, 0.15) is 0 Å². The second-order valence-corrected chi connectivity index (χ2v) is 4.93. The third-order valence-corrected chi connectivity index (χ3v) is 3.27. The Hall–Kier alpha value is -2.63. The molecule has 1 heterocycles. The van der Waals surface area contributed by atoms with Gasteiger partial charge in [0.15, 0.2) is 5.84 Å². The average Bonchev–Trinajstić information content (AvgIpc) is 2.56. The van der Waals surface area contributed by atoms with Crippen LogP contribution >= 0.6 is 0 Å². The lowest BCUT2D eigenvalue weighted by Crippen LogP contribution is -2.38. The van der Waals surface area contributed by atoms with Gasteiger partial charge in [-0.2, -0.15) is 10.4 Å². The molecule has 8 nitrogen and oxygen atoms in total. The maximum atomic E-state index is 8.79. The van der Waals surface area contributed by atoms with Crippen LogP contribution in [0.2, 0.25) is 0 Å². The minimum absolute atomic E-state index is 0.163. The summed E-state index contributed by atoms with van der Waals surface area (Å²) in [7, 11) is 0. The standard InChI is InChI=1S/C15H20N6O2/c16-11-14(15(17)18)20-19-12-2-1-3-13(10-12)23-9-6-21-4-7-22-8-5-21/h1-3,10,19H,4-9H2,(H3,17,18)/b20-14+. The van der Waals surface area contributed by atoms with Crippen molar-refractivity contribution in [3.05, 3.63) is 24.3 Å². The van der Waals surface area contributed by atoms with E-state index in [4.69, 9.17) is 25.9 Å². The molecule has 23 heavy (non-hydrogen) atoms. The van der Waals surface area contributed by atoms with Crippen LogP contribution in [0.25, 0.3) is 0 Å². The number of hydrazone groups is 1. The minimum Gasteiger partial charge on any atom is -0.492 e. The first-order valence-corrected chi connectivity index (χ1v) is 7.30. The quantitative estimate of drug-likeness (QED) is 0.385. The number of morpholine rings is 1. The molecule has 0 aliphatic carbocycles. The molecule has 122 valence electrons. The maximum absolute atomic E-state index is 8.79. The van der Waals surface area contributed by atoms with Crippen LogP contribution in [-0.2, 0) is 4.74 Å². The lowest BCUT2D eigenvalue weighted by Gasteiger charge is -2.26. The number of nitrogens with two attached hydrogens (primary N) is 1. The summed E-state index contributed by atoms with van der Waals surface area (Å²) < 4.78 is 11.0. The van der Waals surface area contributed by atoms with Gasteiger partial charge in [0, 0.05) is 25.7 Å². The Morgan fingerprint density at radius 3 is 2.96 bits per heavy atom. The highest BCUT2D eigenvalue weighted by Gasteiger charge is 2.09. The molecule has 1 fully saturated rings. The monoisotopic (exact) mass is 316 g/mol. The Bertz CT molecular complexity index is 604. The van der Waals surface area contributed by atoms with Crippen molar-refractivity contribution in [1.29, 1.82) is 10.7 Å². The summed E-state index contributed by atoms with van der Waals surface area (Å²) in [6.07, 6.45) is 0. The number of anilines is 1. The molecule has 8 heteroatoms. The molecule has 1 saturated heterocycles. The number of nitriles is 1. The SMILES string of the molecule is N#C/C(=N\Nc1cccc(OCCN2CCOCC2)c1)C(=N)N. The fraction of sp³-hybridized carbons (Fsp3) is 0.400. The van der Waals surface area contributed by atoms with Gasteiger partial charge in [0.05, 0.1) is 18.9 Å². The number of hydrogen-bond acceptors (Lipinski definition) is 7. The maximum Gasteiger partial charge on any atom is 0.201 e. The normalized spacial score (nSPS) is 15.7. The summed E-state index contributed by atoms with van der Waals surface area (Å²) >= 11 is 0. The molecule has 0 amide bonds. The zero-order valence-electron chi connectivity index (χ0n) is 12.8. The van der Waals surface area contributed by atoms with Crippen LogP contribution in [0.3, 0.4) is 0 Å². The van der Waals surface area contributed by atoms with E-state index >= 15 is 0 Å². The summed E-state index contributed by atoms with van der Waals surface area (Å²) in [5.41, 5.74) is 8.42. The van der Waals surface area contributed by atoms with E-state index in [1.54, 1.807) is 18.2 Å². The average molecular weight is 316 g/mol. The van der Waals surface area contributed by atoms with E-state index in [0.717, 1.165) is 32.8 Å². The highest BCUT2D eigenvalue weighted by Crippen LogP contribution is 2.17. The predicted octanol–water partition coefficient (Wildman–Crippen LogP) is 0.625. The number of benzene rings is 1. The summed E-state index contributed by atoms with van der Waals surface area (Å²) in [6, 6.07) is 8.98. The number of nitrogens with one attached hydrogen (secondary N) is 2. The Kier molecular flexibility index (Phi) is 6.35. The molecule has 0 saturated carbocycles. The van der Waals surface area contributed by atoms with Crippen LogP contribution in [0.4, 0.5) is 5.69 Å². The van der Waals surface area contributed by atoms with Gasteiger partial charge in [0.1, 0.15) is 18.4 Å². The molecule has 0 aromatic heterocycles. The van der Waals surface area contributed by atoms with Gasteiger partial charge in [-0.05, 0) is 12.1 Å². The molecule has 0 atom stereocenters. The molecule has 0 bridgehead atoms. The van der Waals surface area contributed by atoms with E-state index in [0.29, 0.717) is 18.0 Å². The van der Waals surface area contributed by atoms with Crippen molar-refractivity contribution in [3.63, 3.8) is 0 Å². The Balaban J connectivity index is 1.84. The molecular formula is C15H20N6O2. The van der Waals surface area contributed by atoms with Gasteiger partial charge in [-0.3, -0.25) is 15.7 Å². The molecule has 0 radical (unpaired) electrons. The molecule has 2 rings (SSSR count). The lowest BCUT2D eigenvalue weighted by atomic mass is 10.3. The number of hydrogen-bond donors (Lipinski definition) is 3. The van der Waals surface area contributed by atoms with Crippen molar-refractivity contribution < 1.29 is 9.47 Å². The van der Waals surface area contributed by atoms with E-state index in [-0.39, 0.29) is 11.5 Å². The van der Waals surface area contributed by atoms with Crippen LogP contribution < -0.4 is 15.9 Å². The highest BCUT2D eigenvalue weighted by molar-refractivity contribution is 6.45. The van der Waals surface area contributed by atoms with Crippen molar-refractivity contribution in [2.75, 3.05) is 44.9 Å². The number of nitrogens with zero attached hydrogens (tertiary/aromatic N) is 3.